The first-order valence-electron chi connectivity index (χ1n) is 15.7. The van der Waals surface area contributed by atoms with Crippen molar-refractivity contribution in [2.45, 2.75) is 59.8 Å². The predicted molar refractivity (Wildman–Crippen MR) is 196 cm³/mol. The van der Waals surface area contributed by atoms with Gasteiger partial charge in [-0.05, 0) is 97.1 Å². The average Bonchev–Trinajstić information content (AvgIpc) is 3.71. The smallest absolute Gasteiger partial charge is 0.0853 e. The first-order valence-corrected chi connectivity index (χ1v) is 16.9. The zero-order chi connectivity index (χ0) is 31.5. The van der Waals surface area contributed by atoms with Crippen LogP contribution in [-0.2, 0) is 6.42 Å². The number of aryl methyl sites for hydroxylation is 2. The second-order valence-corrected chi connectivity index (χ2v) is 13.0. The minimum atomic E-state index is 0.0817. The molecule has 228 valence electrons. The summed E-state index contributed by atoms with van der Waals surface area (Å²) in [6.45, 7) is 15.2. The Morgan fingerprint density at radius 3 is 2.07 bits per heavy atom. The van der Waals surface area contributed by atoms with Gasteiger partial charge in [-0.2, -0.15) is 0 Å². The number of halogens is 1. The summed E-state index contributed by atoms with van der Waals surface area (Å²) in [7, 11) is 0. The van der Waals surface area contributed by atoms with Crippen LogP contribution in [0.25, 0.3) is 10.4 Å². The summed E-state index contributed by atoms with van der Waals surface area (Å²) >= 11 is 8.05. The molecule has 1 N–H and O–H groups in total. The van der Waals surface area contributed by atoms with Gasteiger partial charge in [0.15, 0.2) is 0 Å². The highest BCUT2D eigenvalue weighted by Crippen LogP contribution is 2.37. The molecule has 4 aromatic carbocycles. The molecular formula is C40H45ClN2S. The number of rotatable bonds is 9. The number of benzene rings is 4. The van der Waals surface area contributed by atoms with Crippen LogP contribution in [0.15, 0.2) is 108 Å². The molecule has 0 amide bonds. The molecule has 44 heavy (non-hydrogen) atoms. The van der Waals surface area contributed by atoms with Crippen LogP contribution in [0, 0.1) is 19.8 Å². The van der Waals surface area contributed by atoms with E-state index in [1.807, 2.05) is 37.3 Å². The van der Waals surface area contributed by atoms with Gasteiger partial charge in [0.1, 0.15) is 0 Å². The van der Waals surface area contributed by atoms with E-state index in [1.165, 1.54) is 56.0 Å². The normalized spacial score (nSPS) is 12.7. The van der Waals surface area contributed by atoms with Gasteiger partial charge in [-0.3, -0.25) is 4.99 Å². The summed E-state index contributed by atoms with van der Waals surface area (Å²) in [4.78, 5) is 6.94. The molecule has 1 saturated carbocycles. The van der Waals surface area contributed by atoms with Crippen molar-refractivity contribution in [3.63, 3.8) is 0 Å². The maximum Gasteiger partial charge on any atom is 0.0853 e. The van der Waals surface area contributed by atoms with Crippen LogP contribution in [0.2, 0.25) is 5.02 Å². The average molecular weight is 621 g/mol. The second kappa shape index (κ2) is 16.4. The lowest BCUT2D eigenvalue weighted by molar-refractivity contribution is 0.971. The zero-order valence-corrected chi connectivity index (χ0v) is 28.3. The van der Waals surface area contributed by atoms with Crippen molar-refractivity contribution in [3.05, 3.63) is 141 Å². The number of thiophene rings is 1. The Hall–Kier alpha value is -3.66. The van der Waals surface area contributed by atoms with Crippen LogP contribution in [0.3, 0.4) is 0 Å². The molecule has 1 atom stereocenters. The maximum absolute atomic E-state index is 6.22. The van der Waals surface area contributed by atoms with Gasteiger partial charge < -0.3 is 5.32 Å². The van der Waals surface area contributed by atoms with Gasteiger partial charge in [-0.15, -0.1) is 11.3 Å². The van der Waals surface area contributed by atoms with Crippen molar-refractivity contribution in [2.75, 3.05) is 11.9 Å². The Labute approximate surface area is 273 Å². The topological polar surface area (TPSA) is 24.4 Å². The van der Waals surface area contributed by atoms with Gasteiger partial charge in [0.05, 0.1) is 11.4 Å². The monoisotopic (exact) mass is 620 g/mol. The molecule has 4 heteroatoms. The van der Waals surface area contributed by atoms with E-state index in [1.54, 1.807) is 0 Å². The molecule has 0 bridgehead atoms. The molecule has 1 aliphatic carbocycles. The van der Waals surface area contributed by atoms with E-state index in [4.69, 9.17) is 11.6 Å². The highest BCUT2D eigenvalue weighted by Gasteiger charge is 2.18. The first-order chi connectivity index (χ1) is 21.4. The fourth-order valence-electron chi connectivity index (χ4n) is 4.98. The fourth-order valence-corrected chi connectivity index (χ4v) is 5.97. The molecule has 1 heterocycles. The Bertz CT molecular complexity index is 1570. The van der Waals surface area contributed by atoms with Gasteiger partial charge in [0.2, 0.25) is 0 Å². The van der Waals surface area contributed by atoms with Crippen LogP contribution in [0.1, 0.15) is 72.2 Å². The Morgan fingerprint density at radius 1 is 0.841 bits per heavy atom. The summed E-state index contributed by atoms with van der Waals surface area (Å²) in [5.74, 6) is 1.17. The van der Waals surface area contributed by atoms with E-state index in [-0.39, 0.29) is 5.92 Å². The summed E-state index contributed by atoms with van der Waals surface area (Å²) in [5, 5.41) is 4.38. The van der Waals surface area contributed by atoms with E-state index >= 15 is 0 Å². The number of aliphatic imine (C=N–C) groups is 1. The van der Waals surface area contributed by atoms with Crippen LogP contribution in [-0.4, -0.2) is 13.3 Å². The summed E-state index contributed by atoms with van der Waals surface area (Å²) < 4.78 is 0. The van der Waals surface area contributed by atoms with Gasteiger partial charge in [-0.25, -0.2) is 0 Å². The Morgan fingerprint density at radius 2 is 1.48 bits per heavy atom. The molecular weight excluding hydrogens is 576 g/mol. The maximum atomic E-state index is 6.22. The Kier molecular flexibility index (Phi) is 12.4. The number of anilines is 1. The standard InChI is InChI=1S/C34H31ClN2S.C4H8.C2H6/c1-23-7-10-26(11-8-23)34(27-12-15-30(35)16-13-27)29-14-17-31(36-3)32(22-29)37-20-19-25-5-4-6-28(21-25)33-18-9-24(2)38-33;1-4-2-3-4;1-2/h4-18,21-22,34,37H,3,19-20H2,1-2H3;4H,2-3H2,1H3;1-2H3. The second-order valence-electron chi connectivity index (χ2n) is 11.3. The quantitative estimate of drug-likeness (QED) is 0.129. The molecule has 5 aromatic rings. The molecule has 0 radical (unpaired) electrons. The number of hydrogen-bond acceptors (Lipinski definition) is 3. The van der Waals surface area contributed by atoms with Crippen molar-refractivity contribution < 1.29 is 0 Å². The molecule has 6 rings (SSSR count). The third-order valence-electron chi connectivity index (χ3n) is 7.69. The highest BCUT2D eigenvalue weighted by molar-refractivity contribution is 7.15. The van der Waals surface area contributed by atoms with Gasteiger partial charge in [0, 0.05) is 27.2 Å². The zero-order valence-electron chi connectivity index (χ0n) is 26.7. The van der Waals surface area contributed by atoms with Gasteiger partial charge >= 0.3 is 0 Å². The van der Waals surface area contributed by atoms with E-state index < -0.39 is 0 Å². The third-order valence-corrected chi connectivity index (χ3v) is 8.99. The minimum absolute atomic E-state index is 0.0817. The van der Waals surface area contributed by atoms with Crippen molar-refractivity contribution >= 4 is 41.0 Å². The SMILES string of the molecule is C=Nc1ccc(C(c2ccc(C)cc2)c2ccc(Cl)cc2)cc1NCCc1cccc(-c2ccc(C)s2)c1.CC.CC1CC1. The van der Waals surface area contributed by atoms with E-state index in [9.17, 15) is 0 Å². The highest BCUT2D eigenvalue weighted by atomic mass is 35.5. The summed E-state index contributed by atoms with van der Waals surface area (Å²) in [6, 6.07) is 36.5. The van der Waals surface area contributed by atoms with Crippen molar-refractivity contribution in [1.82, 2.24) is 0 Å². The summed E-state index contributed by atoms with van der Waals surface area (Å²) in [6.07, 6.45) is 3.89. The molecule has 0 aliphatic heterocycles. The summed E-state index contributed by atoms with van der Waals surface area (Å²) in [5.41, 5.74) is 9.32. The van der Waals surface area contributed by atoms with Crippen molar-refractivity contribution in [1.29, 1.82) is 0 Å². The fraction of sp³-hybridized carbons (Fsp3) is 0.275. The minimum Gasteiger partial charge on any atom is -0.383 e. The van der Waals surface area contributed by atoms with E-state index in [2.05, 4.69) is 129 Å². The molecule has 1 unspecified atom stereocenters. The van der Waals surface area contributed by atoms with Crippen molar-refractivity contribution in [2.24, 2.45) is 10.9 Å². The lowest BCUT2D eigenvalue weighted by atomic mass is 9.84. The molecule has 1 aromatic heterocycles. The number of nitrogens with zero attached hydrogens (tertiary/aromatic N) is 1. The van der Waals surface area contributed by atoms with Crippen LogP contribution in [0.5, 0.6) is 0 Å². The molecule has 1 aliphatic rings. The lowest BCUT2D eigenvalue weighted by Crippen LogP contribution is -2.08. The molecule has 0 spiro atoms. The van der Waals surface area contributed by atoms with Crippen LogP contribution >= 0.6 is 22.9 Å². The van der Waals surface area contributed by atoms with Crippen LogP contribution in [0.4, 0.5) is 11.4 Å². The van der Waals surface area contributed by atoms with Gasteiger partial charge in [-0.1, -0.05) is 118 Å². The van der Waals surface area contributed by atoms with Crippen LogP contribution < -0.4 is 5.32 Å². The predicted octanol–water partition coefficient (Wildman–Crippen LogP) is 12.3. The van der Waals surface area contributed by atoms with E-state index in [0.29, 0.717) is 0 Å². The first kappa shape index (κ1) is 33.2. The largest absolute Gasteiger partial charge is 0.383 e. The lowest BCUT2D eigenvalue weighted by Gasteiger charge is -2.21. The number of nitrogens with one attached hydrogen (secondary N) is 1. The third kappa shape index (κ3) is 9.42. The molecule has 2 nitrogen and oxygen atoms in total. The number of hydrogen-bond donors (Lipinski definition) is 1. The Balaban J connectivity index is 0.000000670. The van der Waals surface area contributed by atoms with Crippen molar-refractivity contribution in [3.8, 4) is 10.4 Å². The molecule has 0 saturated heterocycles. The molecule has 1 fully saturated rings. The van der Waals surface area contributed by atoms with Gasteiger partial charge in [0.25, 0.3) is 0 Å². The van der Waals surface area contributed by atoms with E-state index in [0.717, 1.165) is 35.3 Å².